The molecular formula is C36H58N4O7. The summed E-state index contributed by atoms with van der Waals surface area (Å²) in [6.45, 7) is 18.5. The third kappa shape index (κ3) is 12.2. The van der Waals surface area contributed by atoms with Crippen LogP contribution in [-0.2, 0) is 33.6 Å². The Kier molecular flexibility index (Phi) is 15.1. The zero-order chi connectivity index (χ0) is 36.6. The molecule has 0 aromatic rings. The zero-order valence-electron chi connectivity index (χ0n) is 30.9. The van der Waals surface area contributed by atoms with E-state index in [0.29, 0.717) is 5.57 Å². The van der Waals surface area contributed by atoms with E-state index < -0.39 is 41.3 Å². The summed E-state index contributed by atoms with van der Waals surface area (Å²) >= 11 is 0. The molecule has 4 atom stereocenters. The number of nitrogens with one attached hydrogen (secondary N) is 1. The van der Waals surface area contributed by atoms with Crippen LogP contribution in [0, 0.1) is 22.7 Å². The molecule has 0 aromatic heterocycles. The highest BCUT2D eigenvalue weighted by molar-refractivity contribution is 6.13. The van der Waals surface area contributed by atoms with E-state index in [1.807, 2.05) is 74.4 Å². The van der Waals surface area contributed by atoms with Crippen LogP contribution in [0.4, 0.5) is 0 Å². The molecule has 1 N–H and O–H groups in total. The number of nitrogens with zero attached hydrogens (tertiary/aromatic N) is 3. The Balaban J connectivity index is 3.03. The van der Waals surface area contributed by atoms with Crippen molar-refractivity contribution in [2.75, 3.05) is 27.7 Å². The van der Waals surface area contributed by atoms with Crippen molar-refractivity contribution in [1.29, 1.82) is 0 Å². The number of likely N-dealkylation sites (N-methyl/N-ethyl adjacent to an activating group) is 2. The quantitative estimate of drug-likeness (QED) is 0.184. The third-order valence-corrected chi connectivity index (χ3v) is 8.61. The molecule has 0 saturated heterocycles. The number of carbonyl (C=O) groups excluding carboxylic acids is 7. The Labute approximate surface area is 281 Å². The summed E-state index contributed by atoms with van der Waals surface area (Å²) in [6, 6.07) is -1.73. The Morgan fingerprint density at radius 2 is 1.40 bits per heavy atom. The first kappa shape index (κ1) is 41.6. The summed E-state index contributed by atoms with van der Waals surface area (Å²) < 4.78 is 0. The number of Topliss-reactive ketones (excluding diaryl/α,β-unsaturated/α-hetero) is 3. The molecule has 0 aromatic carbocycles. The lowest BCUT2D eigenvalue weighted by Gasteiger charge is -2.40. The van der Waals surface area contributed by atoms with Crippen LogP contribution in [0.15, 0.2) is 23.8 Å². The van der Waals surface area contributed by atoms with Gasteiger partial charge in [0.15, 0.2) is 5.78 Å². The molecule has 4 amide bonds. The first-order valence-corrected chi connectivity index (χ1v) is 16.4. The molecule has 0 spiro atoms. The molecule has 1 heterocycles. The first-order valence-electron chi connectivity index (χ1n) is 16.4. The highest BCUT2D eigenvalue weighted by atomic mass is 16.2. The largest absolute Gasteiger partial charge is 0.342 e. The highest BCUT2D eigenvalue weighted by Crippen LogP contribution is 2.27. The second kappa shape index (κ2) is 17.1. The molecule has 0 fully saturated rings. The van der Waals surface area contributed by atoms with Gasteiger partial charge in [0.05, 0.1) is 12.1 Å². The minimum absolute atomic E-state index is 0.0365. The summed E-state index contributed by atoms with van der Waals surface area (Å²) in [4.78, 5) is 93.5. The van der Waals surface area contributed by atoms with Gasteiger partial charge in [-0.25, -0.2) is 0 Å². The average Bonchev–Trinajstić information content (AvgIpc) is 3.24. The van der Waals surface area contributed by atoms with Gasteiger partial charge in [-0.1, -0.05) is 61.5 Å². The van der Waals surface area contributed by atoms with Gasteiger partial charge < -0.3 is 10.2 Å². The smallest absolute Gasteiger partial charge is 0.253 e. The summed E-state index contributed by atoms with van der Waals surface area (Å²) in [5, 5.41) is 3.03. The lowest BCUT2D eigenvalue weighted by Crippen LogP contribution is -2.60. The van der Waals surface area contributed by atoms with Crippen LogP contribution in [-0.4, -0.2) is 101 Å². The lowest BCUT2D eigenvalue weighted by atomic mass is 9.82. The minimum Gasteiger partial charge on any atom is -0.342 e. The van der Waals surface area contributed by atoms with Gasteiger partial charge in [-0.3, -0.25) is 43.4 Å². The Morgan fingerprint density at radius 3 is 1.83 bits per heavy atom. The molecule has 1 unspecified atom stereocenters. The van der Waals surface area contributed by atoms with Crippen molar-refractivity contribution >= 4 is 41.0 Å². The maximum atomic E-state index is 14.0. The third-order valence-electron chi connectivity index (χ3n) is 8.61. The summed E-state index contributed by atoms with van der Waals surface area (Å²) in [5.41, 5.74) is -0.527. The number of imide groups is 1. The molecular weight excluding hydrogens is 600 g/mol. The zero-order valence-corrected chi connectivity index (χ0v) is 30.9. The van der Waals surface area contributed by atoms with Crippen LogP contribution >= 0.6 is 0 Å². The molecule has 264 valence electrons. The number of ketones is 3. The number of hydrogen-bond acceptors (Lipinski definition) is 8. The van der Waals surface area contributed by atoms with E-state index in [1.165, 1.54) is 6.92 Å². The second-order valence-electron chi connectivity index (χ2n) is 15.5. The predicted molar refractivity (Wildman–Crippen MR) is 182 cm³/mol. The van der Waals surface area contributed by atoms with Crippen molar-refractivity contribution in [3.63, 3.8) is 0 Å². The molecule has 1 aliphatic heterocycles. The van der Waals surface area contributed by atoms with Gasteiger partial charge in [-0.2, -0.15) is 0 Å². The monoisotopic (exact) mass is 658 g/mol. The fourth-order valence-corrected chi connectivity index (χ4v) is 5.94. The van der Waals surface area contributed by atoms with Gasteiger partial charge in [0.25, 0.3) is 11.8 Å². The maximum Gasteiger partial charge on any atom is 0.253 e. The first-order chi connectivity index (χ1) is 21.4. The summed E-state index contributed by atoms with van der Waals surface area (Å²) in [5.74, 6) is -2.84. The molecule has 0 saturated carbocycles. The Morgan fingerprint density at radius 1 is 0.872 bits per heavy atom. The van der Waals surface area contributed by atoms with Crippen molar-refractivity contribution in [3.8, 4) is 0 Å². The molecule has 0 bridgehead atoms. The van der Waals surface area contributed by atoms with Crippen LogP contribution < -0.4 is 5.32 Å². The number of rotatable bonds is 17. The average molecular weight is 659 g/mol. The summed E-state index contributed by atoms with van der Waals surface area (Å²) in [6.07, 6.45) is 4.14. The van der Waals surface area contributed by atoms with E-state index in [0.717, 1.165) is 17.1 Å². The SMILES string of the molecule is CC(=O)C(CCC(=O)/C(C)=C/[C@H](C(C)C)N(C)C(=O)[C@@H](NC(=O)[C@@H](N(C)C)C(C)(C)C)C(C)(C)C)CC(=O)CCN1C(=O)C=CC1=O. The Bertz CT molecular complexity index is 1250. The van der Waals surface area contributed by atoms with Gasteiger partial charge in [0.2, 0.25) is 11.8 Å². The van der Waals surface area contributed by atoms with Crippen LogP contribution in [0.3, 0.4) is 0 Å². The Hall–Kier alpha value is -3.47. The van der Waals surface area contributed by atoms with Crippen molar-refractivity contribution < 1.29 is 33.6 Å². The van der Waals surface area contributed by atoms with Crippen LogP contribution in [0.5, 0.6) is 0 Å². The number of amides is 4. The van der Waals surface area contributed by atoms with Crippen molar-refractivity contribution in [3.05, 3.63) is 23.8 Å². The van der Waals surface area contributed by atoms with Gasteiger partial charge in [0, 0.05) is 50.9 Å². The molecule has 0 aliphatic carbocycles. The number of allylic oxidation sites excluding steroid dienone is 1. The molecule has 0 radical (unpaired) electrons. The van der Waals surface area contributed by atoms with Gasteiger partial charge in [0.1, 0.15) is 17.6 Å². The number of carbonyl (C=O) groups is 7. The fourth-order valence-electron chi connectivity index (χ4n) is 5.94. The standard InChI is InChI=1S/C36H58N4O7/c1-22(2)27(39(13)34(47)31(35(5,6)7)37-33(46)32(38(11)12)36(8,9)10)20-23(3)28(43)15-14-25(24(4)41)21-26(42)18-19-40-29(44)16-17-30(40)45/h16-17,20,22,25,27,31-32H,14-15,18-19,21H2,1-13H3,(H,37,46)/b23-20+/t25?,27-,31-,32-/m1/s1. The van der Waals surface area contributed by atoms with Gasteiger partial charge >= 0.3 is 0 Å². The predicted octanol–water partition coefficient (Wildman–Crippen LogP) is 3.75. The second-order valence-corrected chi connectivity index (χ2v) is 15.5. The van der Waals surface area contributed by atoms with E-state index in [4.69, 9.17) is 0 Å². The normalized spacial score (nSPS) is 16.7. The molecule has 47 heavy (non-hydrogen) atoms. The molecule has 11 heteroatoms. The number of hydrogen-bond donors (Lipinski definition) is 1. The van der Waals surface area contributed by atoms with Crippen molar-refractivity contribution in [1.82, 2.24) is 20.0 Å². The summed E-state index contributed by atoms with van der Waals surface area (Å²) in [7, 11) is 5.35. The highest BCUT2D eigenvalue weighted by Gasteiger charge is 2.41. The van der Waals surface area contributed by atoms with Crippen LogP contribution in [0.2, 0.25) is 0 Å². The van der Waals surface area contributed by atoms with E-state index >= 15 is 0 Å². The van der Waals surface area contributed by atoms with E-state index in [2.05, 4.69) is 5.32 Å². The maximum absolute atomic E-state index is 14.0. The van der Waals surface area contributed by atoms with Crippen LogP contribution in [0.1, 0.15) is 94.9 Å². The van der Waals surface area contributed by atoms with Gasteiger partial charge in [-0.15, -0.1) is 0 Å². The van der Waals surface area contributed by atoms with Gasteiger partial charge in [-0.05, 0) is 56.7 Å². The van der Waals surface area contributed by atoms with E-state index in [9.17, 15) is 33.6 Å². The lowest BCUT2D eigenvalue weighted by molar-refractivity contribution is -0.142. The molecule has 1 rings (SSSR count). The van der Waals surface area contributed by atoms with Crippen LogP contribution in [0.25, 0.3) is 0 Å². The van der Waals surface area contributed by atoms with Crippen molar-refractivity contribution in [2.24, 2.45) is 22.7 Å². The molecule has 11 nitrogen and oxygen atoms in total. The molecule has 1 aliphatic rings. The van der Waals surface area contributed by atoms with E-state index in [-0.39, 0.29) is 72.7 Å². The fraction of sp³-hybridized carbons (Fsp3) is 0.694. The van der Waals surface area contributed by atoms with Crippen molar-refractivity contribution in [2.45, 2.75) is 113 Å². The topological polar surface area (TPSA) is 141 Å². The van der Waals surface area contributed by atoms with E-state index in [1.54, 1.807) is 24.9 Å². The minimum atomic E-state index is -0.817.